The first-order valence-electron chi connectivity index (χ1n) is 8.33. The Morgan fingerprint density at radius 3 is 2.74 bits per heavy atom. The molecule has 3 rings (SSSR count). The molecule has 3 fully saturated rings. The summed E-state index contributed by atoms with van der Waals surface area (Å²) in [6.07, 6.45) is 8.29. The minimum atomic E-state index is 0.295. The van der Waals surface area contributed by atoms with E-state index in [2.05, 4.69) is 23.8 Å². The first kappa shape index (κ1) is 13.8. The number of nitrogens with zero attached hydrogens (tertiary/aromatic N) is 2. The number of rotatable bonds is 3. The fourth-order valence-corrected chi connectivity index (χ4v) is 5.11. The van der Waals surface area contributed by atoms with E-state index >= 15 is 0 Å². The fourth-order valence-electron chi connectivity index (χ4n) is 5.11. The average Bonchev–Trinajstić information content (AvgIpc) is 2.83. The monoisotopic (exact) mass is 265 g/mol. The van der Waals surface area contributed by atoms with Crippen molar-refractivity contribution in [2.75, 3.05) is 33.2 Å². The molecule has 5 unspecified atom stereocenters. The number of likely N-dealkylation sites (N-methyl/N-ethyl adjacent to an activating group) is 1. The van der Waals surface area contributed by atoms with Gasteiger partial charge < -0.3 is 10.6 Å². The molecule has 3 nitrogen and oxygen atoms in total. The van der Waals surface area contributed by atoms with Crippen LogP contribution in [0.2, 0.25) is 0 Å². The number of hydrogen-bond acceptors (Lipinski definition) is 3. The zero-order valence-electron chi connectivity index (χ0n) is 12.8. The smallest absolute Gasteiger partial charge is 0.0384 e. The SMILES string of the molecule is CC1CCCCC1N(C)C1(CN)CCN2CCC1C2. The Labute approximate surface area is 118 Å². The second-order valence-corrected chi connectivity index (χ2v) is 7.28. The molecular formula is C16H31N3. The molecule has 2 heterocycles. The summed E-state index contributed by atoms with van der Waals surface area (Å²) in [6.45, 7) is 7.17. The number of piperidine rings is 1. The first-order valence-corrected chi connectivity index (χ1v) is 8.33. The summed E-state index contributed by atoms with van der Waals surface area (Å²) in [5.74, 6) is 1.66. The van der Waals surface area contributed by atoms with E-state index < -0.39 is 0 Å². The third-order valence-corrected chi connectivity index (χ3v) is 6.51. The Kier molecular flexibility index (Phi) is 3.89. The van der Waals surface area contributed by atoms with Crippen LogP contribution in [0.25, 0.3) is 0 Å². The summed E-state index contributed by atoms with van der Waals surface area (Å²) in [6, 6.07) is 0.768. The van der Waals surface area contributed by atoms with Gasteiger partial charge in [0.2, 0.25) is 0 Å². The average molecular weight is 265 g/mol. The largest absolute Gasteiger partial charge is 0.329 e. The van der Waals surface area contributed by atoms with Crippen molar-refractivity contribution in [3.05, 3.63) is 0 Å². The molecule has 0 spiro atoms. The van der Waals surface area contributed by atoms with Crippen molar-refractivity contribution in [3.63, 3.8) is 0 Å². The Morgan fingerprint density at radius 1 is 1.21 bits per heavy atom. The van der Waals surface area contributed by atoms with E-state index in [4.69, 9.17) is 5.73 Å². The minimum absolute atomic E-state index is 0.295. The van der Waals surface area contributed by atoms with Gasteiger partial charge in [-0.25, -0.2) is 0 Å². The predicted octanol–water partition coefficient (Wildman–Crippen LogP) is 1.92. The minimum Gasteiger partial charge on any atom is -0.329 e. The normalized spacial score (nSPS) is 46.7. The van der Waals surface area contributed by atoms with Crippen LogP contribution >= 0.6 is 0 Å². The highest BCUT2D eigenvalue weighted by Crippen LogP contribution is 2.42. The maximum absolute atomic E-state index is 6.32. The van der Waals surface area contributed by atoms with E-state index in [1.165, 1.54) is 58.2 Å². The molecule has 19 heavy (non-hydrogen) atoms. The highest BCUT2D eigenvalue weighted by atomic mass is 15.3. The molecule has 2 bridgehead atoms. The van der Waals surface area contributed by atoms with Crippen LogP contribution in [-0.4, -0.2) is 54.6 Å². The lowest BCUT2D eigenvalue weighted by Gasteiger charge is -2.53. The van der Waals surface area contributed by atoms with Crippen molar-refractivity contribution >= 4 is 0 Å². The molecule has 1 aliphatic carbocycles. The third-order valence-electron chi connectivity index (χ3n) is 6.51. The van der Waals surface area contributed by atoms with Gasteiger partial charge >= 0.3 is 0 Å². The van der Waals surface area contributed by atoms with Gasteiger partial charge in [0.05, 0.1) is 0 Å². The molecule has 0 aromatic heterocycles. The highest BCUT2D eigenvalue weighted by molar-refractivity contribution is 5.06. The van der Waals surface area contributed by atoms with Gasteiger partial charge in [-0.15, -0.1) is 0 Å². The molecule has 0 amide bonds. The van der Waals surface area contributed by atoms with Crippen molar-refractivity contribution in [2.24, 2.45) is 17.6 Å². The second kappa shape index (κ2) is 5.34. The van der Waals surface area contributed by atoms with Gasteiger partial charge in [-0.2, -0.15) is 0 Å². The van der Waals surface area contributed by atoms with Crippen LogP contribution < -0.4 is 5.73 Å². The molecule has 5 atom stereocenters. The van der Waals surface area contributed by atoms with Crippen molar-refractivity contribution in [1.29, 1.82) is 0 Å². The lowest BCUT2D eigenvalue weighted by molar-refractivity contribution is -0.0278. The molecule has 110 valence electrons. The molecule has 3 aliphatic rings. The van der Waals surface area contributed by atoms with E-state index in [0.29, 0.717) is 5.54 Å². The summed E-state index contributed by atoms with van der Waals surface area (Å²) >= 11 is 0. The molecule has 1 saturated carbocycles. The van der Waals surface area contributed by atoms with Gasteiger partial charge in [0.1, 0.15) is 0 Å². The Morgan fingerprint density at radius 2 is 2.00 bits per heavy atom. The van der Waals surface area contributed by atoms with Crippen LogP contribution in [0.1, 0.15) is 45.4 Å². The first-order chi connectivity index (χ1) is 9.17. The van der Waals surface area contributed by atoms with Gasteiger partial charge in [0.15, 0.2) is 0 Å². The summed E-state index contributed by atoms with van der Waals surface area (Å²) in [5, 5.41) is 0. The number of hydrogen-bond donors (Lipinski definition) is 1. The number of fused-ring (bicyclic) bond motifs is 2. The molecular weight excluding hydrogens is 234 g/mol. The lowest BCUT2D eigenvalue weighted by atomic mass is 9.74. The Balaban J connectivity index is 1.80. The Hall–Kier alpha value is -0.120. The van der Waals surface area contributed by atoms with Crippen molar-refractivity contribution < 1.29 is 0 Å². The van der Waals surface area contributed by atoms with Gasteiger partial charge in [-0.1, -0.05) is 19.8 Å². The lowest BCUT2D eigenvalue weighted by Crippen LogP contribution is -2.64. The van der Waals surface area contributed by atoms with Gasteiger partial charge in [-0.3, -0.25) is 4.90 Å². The van der Waals surface area contributed by atoms with Crippen LogP contribution in [0.15, 0.2) is 0 Å². The standard InChI is InChI=1S/C16H31N3/c1-13-5-3-4-6-15(13)18(2)16(12-17)8-10-19-9-7-14(16)11-19/h13-15H,3-12,17H2,1-2H3. The van der Waals surface area contributed by atoms with Crippen LogP contribution in [0.4, 0.5) is 0 Å². The van der Waals surface area contributed by atoms with Crippen molar-refractivity contribution in [3.8, 4) is 0 Å². The van der Waals surface area contributed by atoms with E-state index in [1.54, 1.807) is 0 Å². The van der Waals surface area contributed by atoms with Crippen LogP contribution in [0, 0.1) is 11.8 Å². The quantitative estimate of drug-likeness (QED) is 0.846. The molecule has 2 N–H and O–H groups in total. The fraction of sp³-hybridized carbons (Fsp3) is 1.00. The van der Waals surface area contributed by atoms with Crippen molar-refractivity contribution in [2.45, 2.75) is 57.0 Å². The molecule has 0 radical (unpaired) electrons. The van der Waals surface area contributed by atoms with E-state index in [-0.39, 0.29) is 0 Å². The van der Waals surface area contributed by atoms with E-state index in [1.807, 2.05) is 0 Å². The van der Waals surface area contributed by atoms with Crippen LogP contribution in [-0.2, 0) is 0 Å². The number of nitrogens with two attached hydrogens (primary N) is 1. The maximum atomic E-state index is 6.32. The zero-order valence-corrected chi connectivity index (χ0v) is 12.8. The predicted molar refractivity (Wildman–Crippen MR) is 80.1 cm³/mol. The van der Waals surface area contributed by atoms with Crippen molar-refractivity contribution in [1.82, 2.24) is 9.80 Å². The van der Waals surface area contributed by atoms with Gasteiger partial charge in [0, 0.05) is 24.7 Å². The van der Waals surface area contributed by atoms with Gasteiger partial charge in [-0.05, 0) is 57.7 Å². The van der Waals surface area contributed by atoms with E-state index in [9.17, 15) is 0 Å². The summed E-state index contributed by atoms with van der Waals surface area (Å²) in [7, 11) is 2.38. The maximum Gasteiger partial charge on any atom is 0.0384 e. The topological polar surface area (TPSA) is 32.5 Å². The second-order valence-electron chi connectivity index (χ2n) is 7.28. The summed E-state index contributed by atoms with van der Waals surface area (Å²) in [5.41, 5.74) is 6.61. The summed E-state index contributed by atoms with van der Waals surface area (Å²) < 4.78 is 0. The molecule has 0 aromatic rings. The van der Waals surface area contributed by atoms with E-state index in [0.717, 1.165) is 24.4 Å². The highest BCUT2D eigenvalue weighted by Gasteiger charge is 2.49. The Bertz CT molecular complexity index is 319. The molecule has 2 saturated heterocycles. The third kappa shape index (κ3) is 2.24. The molecule has 2 aliphatic heterocycles. The van der Waals surface area contributed by atoms with Gasteiger partial charge in [0.25, 0.3) is 0 Å². The molecule has 0 aromatic carbocycles. The van der Waals surface area contributed by atoms with Crippen LogP contribution in [0.3, 0.4) is 0 Å². The zero-order chi connectivity index (χ0) is 13.5. The summed E-state index contributed by atoms with van der Waals surface area (Å²) in [4.78, 5) is 5.38. The molecule has 3 heteroatoms. The van der Waals surface area contributed by atoms with Crippen LogP contribution in [0.5, 0.6) is 0 Å².